The van der Waals surface area contributed by atoms with E-state index in [0.29, 0.717) is 5.56 Å². The topological polar surface area (TPSA) is 112 Å². The zero-order valence-corrected chi connectivity index (χ0v) is 22.1. The highest BCUT2D eigenvalue weighted by molar-refractivity contribution is 8.18. The Bertz CT molecular complexity index is 1270. The fourth-order valence-corrected chi connectivity index (χ4v) is 9.08. The van der Waals surface area contributed by atoms with Crippen molar-refractivity contribution in [2.24, 2.45) is 0 Å². The number of aromatic nitrogens is 3. The maximum atomic E-state index is 13.7. The monoisotopic (exact) mass is 579 g/mol. The maximum Gasteiger partial charge on any atom is 0.194 e. The standard InChI is InChI=1S/C24H26Cl2F3N3O4S/c1-24(2,36)23(12-4-3-5-13(25)19(12)26)37-10-17(34)21(22(35)18(37)9-33)32-8-16(30-31-32)11-6-14(27)20(29)15(28)7-11/h3-8,17-18,21-23,33-37H,9-10H2,1-2H3/t17-,18+,21-,22-,23+/m0/s1. The van der Waals surface area contributed by atoms with E-state index in [9.17, 15) is 33.6 Å². The molecule has 0 bridgehead atoms. The number of hydrogen-bond acceptors (Lipinski definition) is 6. The number of halogens is 5. The molecule has 7 nitrogen and oxygen atoms in total. The van der Waals surface area contributed by atoms with Crippen LogP contribution in [0.25, 0.3) is 11.3 Å². The van der Waals surface area contributed by atoms with E-state index < -0.39 is 69.3 Å². The molecule has 0 aliphatic carbocycles. The van der Waals surface area contributed by atoms with Crippen LogP contribution in [0.15, 0.2) is 36.5 Å². The molecule has 1 aromatic heterocycles. The zero-order chi connectivity index (χ0) is 27.2. The highest BCUT2D eigenvalue weighted by Gasteiger charge is 2.49. The van der Waals surface area contributed by atoms with E-state index >= 15 is 0 Å². The lowest BCUT2D eigenvalue weighted by Gasteiger charge is -2.50. The second kappa shape index (κ2) is 10.7. The summed E-state index contributed by atoms with van der Waals surface area (Å²) < 4.78 is 41.9. The largest absolute Gasteiger partial charge is 0.395 e. The van der Waals surface area contributed by atoms with Crippen molar-refractivity contribution in [1.29, 1.82) is 0 Å². The Hall–Kier alpha value is -1.86. The van der Waals surface area contributed by atoms with Crippen LogP contribution in [0, 0.1) is 17.5 Å². The van der Waals surface area contributed by atoms with E-state index in [1.807, 2.05) is 0 Å². The van der Waals surface area contributed by atoms with Crippen molar-refractivity contribution >= 4 is 34.1 Å². The molecule has 1 unspecified atom stereocenters. The minimum Gasteiger partial charge on any atom is -0.395 e. The first-order valence-corrected chi connectivity index (χ1v) is 13.7. The average Bonchev–Trinajstić information content (AvgIpc) is 3.29. The summed E-state index contributed by atoms with van der Waals surface area (Å²) in [5.74, 6) is -4.32. The number of aliphatic hydroxyl groups is 4. The predicted octanol–water partition coefficient (Wildman–Crippen LogP) is 3.82. The van der Waals surface area contributed by atoms with Crippen molar-refractivity contribution in [1.82, 2.24) is 15.0 Å². The van der Waals surface area contributed by atoms with Crippen molar-refractivity contribution in [2.45, 2.75) is 48.2 Å². The number of rotatable bonds is 6. The summed E-state index contributed by atoms with van der Waals surface area (Å²) >= 11 is 12.7. The summed E-state index contributed by atoms with van der Waals surface area (Å²) in [7, 11) is -1.48. The van der Waals surface area contributed by atoms with Crippen LogP contribution in [0.1, 0.15) is 30.7 Å². The van der Waals surface area contributed by atoms with Gasteiger partial charge in [0.1, 0.15) is 11.7 Å². The van der Waals surface area contributed by atoms with Crippen molar-refractivity contribution < 1.29 is 33.6 Å². The van der Waals surface area contributed by atoms with Gasteiger partial charge < -0.3 is 20.4 Å². The highest BCUT2D eigenvalue weighted by atomic mass is 35.5. The summed E-state index contributed by atoms with van der Waals surface area (Å²) in [4.78, 5) is 0. The van der Waals surface area contributed by atoms with Gasteiger partial charge in [-0.2, -0.15) is 0 Å². The minimum atomic E-state index is -1.62. The SMILES string of the molecule is CC(C)(O)[C@@H](c1cccc(Cl)c1Cl)[SH]1C[C@H](O)[C@H](n2cc(-c3cc(F)c(F)c(F)c3)nn2)[C@@H](O)[C@H]1CO. The number of aliphatic hydroxyl groups excluding tert-OH is 3. The highest BCUT2D eigenvalue weighted by Crippen LogP contribution is 2.58. The third kappa shape index (κ3) is 5.36. The van der Waals surface area contributed by atoms with Crippen LogP contribution in [0.5, 0.6) is 0 Å². The molecular weight excluding hydrogens is 554 g/mol. The fraction of sp³-hybridized carbons (Fsp3) is 0.417. The van der Waals surface area contributed by atoms with Crippen LogP contribution in [0.4, 0.5) is 13.2 Å². The van der Waals surface area contributed by atoms with Gasteiger partial charge in [0.15, 0.2) is 17.5 Å². The molecule has 0 radical (unpaired) electrons. The number of nitrogens with zero attached hydrogens (tertiary/aromatic N) is 3. The number of thiol groups is 1. The number of hydrogen-bond donors (Lipinski definition) is 5. The first kappa shape index (κ1) is 28.2. The van der Waals surface area contributed by atoms with Gasteiger partial charge in [0.05, 0.1) is 40.7 Å². The Kier molecular flexibility index (Phi) is 8.16. The molecule has 4 N–H and O–H groups in total. The van der Waals surface area contributed by atoms with Gasteiger partial charge in [0.2, 0.25) is 0 Å². The van der Waals surface area contributed by atoms with Gasteiger partial charge in [-0.1, -0.05) is 40.5 Å². The molecule has 6 atom stereocenters. The van der Waals surface area contributed by atoms with Gasteiger partial charge in [-0.05, 0) is 37.6 Å². The molecule has 37 heavy (non-hydrogen) atoms. The third-order valence-electron chi connectivity index (χ3n) is 6.52. The van der Waals surface area contributed by atoms with Gasteiger partial charge in [-0.3, -0.25) is 0 Å². The summed E-state index contributed by atoms with van der Waals surface area (Å²) in [5, 5.41) is 50.7. The van der Waals surface area contributed by atoms with Crippen LogP contribution in [0.3, 0.4) is 0 Å². The molecule has 0 saturated carbocycles. The molecule has 1 saturated heterocycles. The van der Waals surface area contributed by atoms with Crippen LogP contribution < -0.4 is 0 Å². The number of benzene rings is 2. The Labute approximate surface area is 223 Å². The molecule has 3 aromatic rings. The molecule has 2 aromatic carbocycles. The summed E-state index contributed by atoms with van der Waals surface area (Å²) in [6.07, 6.45) is -1.26. The van der Waals surface area contributed by atoms with Crippen molar-refractivity contribution in [3.8, 4) is 11.3 Å². The lowest BCUT2D eigenvalue weighted by atomic mass is 9.97. The molecule has 13 heteroatoms. The molecule has 1 aliphatic rings. The first-order chi connectivity index (χ1) is 17.3. The zero-order valence-electron chi connectivity index (χ0n) is 19.7. The van der Waals surface area contributed by atoms with Crippen molar-refractivity contribution in [3.05, 3.63) is 69.6 Å². The molecule has 0 amide bonds. The van der Waals surface area contributed by atoms with Crippen LogP contribution in [-0.4, -0.2) is 70.8 Å². The van der Waals surface area contributed by atoms with Crippen molar-refractivity contribution in [3.63, 3.8) is 0 Å². The molecular formula is C24H26Cl2F3N3O4S. The van der Waals surface area contributed by atoms with E-state index in [1.54, 1.807) is 32.0 Å². The minimum absolute atomic E-state index is 0.00864. The Morgan fingerprint density at radius 2 is 1.81 bits per heavy atom. The Balaban J connectivity index is 1.69. The van der Waals surface area contributed by atoms with Crippen LogP contribution >= 0.6 is 34.1 Å². The summed E-state index contributed by atoms with van der Waals surface area (Å²) in [5.41, 5.74) is -0.907. The lowest BCUT2D eigenvalue weighted by molar-refractivity contribution is 0.00572. The van der Waals surface area contributed by atoms with Crippen LogP contribution in [-0.2, 0) is 0 Å². The van der Waals surface area contributed by atoms with Crippen molar-refractivity contribution in [2.75, 3.05) is 12.4 Å². The first-order valence-electron chi connectivity index (χ1n) is 11.3. The second-order valence-corrected chi connectivity index (χ2v) is 12.9. The van der Waals surface area contributed by atoms with Gasteiger partial charge in [0, 0.05) is 21.8 Å². The summed E-state index contributed by atoms with van der Waals surface area (Å²) in [6.45, 7) is 2.71. The van der Waals surface area contributed by atoms with Gasteiger partial charge in [-0.15, -0.1) is 5.10 Å². The molecule has 202 valence electrons. The molecule has 0 spiro atoms. The van der Waals surface area contributed by atoms with Gasteiger partial charge >= 0.3 is 0 Å². The van der Waals surface area contributed by atoms with Crippen LogP contribution in [0.2, 0.25) is 10.0 Å². The van der Waals surface area contributed by atoms with E-state index in [-0.39, 0.29) is 27.1 Å². The van der Waals surface area contributed by atoms with E-state index in [2.05, 4.69) is 10.3 Å². The molecule has 4 rings (SSSR count). The second-order valence-electron chi connectivity index (χ2n) is 9.53. The lowest BCUT2D eigenvalue weighted by Crippen LogP contribution is -2.52. The van der Waals surface area contributed by atoms with E-state index in [4.69, 9.17) is 23.2 Å². The molecule has 1 fully saturated rings. The molecule has 2 heterocycles. The molecule has 1 aliphatic heterocycles. The average molecular weight is 580 g/mol. The maximum absolute atomic E-state index is 13.7. The Morgan fingerprint density at radius 3 is 2.41 bits per heavy atom. The fourth-order valence-electron chi connectivity index (χ4n) is 4.91. The smallest absolute Gasteiger partial charge is 0.194 e. The van der Waals surface area contributed by atoms with E-state index in [1.165, 1.54) is 6.20 Å². The quantitative estimate of drug-likeness (QED) is 0.224. The summed E-state index contributed by atoms with van der Waals surface area (Å²) in [6, 6.07) is 5.46. The third-order valence-corrected chi connectivity index (χ3v) is 11.0. The van der Waals surface area contributed by atoms with Gasteiger partial charge in [0.25, 0.3) is 0 Å². The van der Waals surface area contributed by atoms with Gasteiger partial charge in [-0.25, -0.2) is 28.7 Å². The Morgan fingerprint density at radius 1 is 1.16 bits per heavy atom. The normalized spacial score (nSPS) is 26.3. The van der Waals surface area contributed by atoms with E-state index in [0.717, 1.165) is 16.8 Å². The predicted molar refractivity (Wildman–Crippen MR) is 137 cm³/mol.